The summed E-state index contributed by atoms with van der Waals surface area (Å²) >= 11 is 6.36. The van der Waals surface area contributed by atoms with Crippen molar-refractivity contribution in [3.05, 3.63) is 80.6 Å². The maximum Gasteiger partial charge on any atom is 0.278 e. The van der Waals surface area contributed by atoms with Crippen molar-refractivity contribution in [1.82, 2.24) is 4.90 Å². The molecule has 3 rings (SSSR count). The van der Waals surface area contributed by atoms with Crippen molar-refractivity contribution in [2.75, 3.05) is 26.0 Å². The molecule has 1 amide bonds. The molecule has 1 aliphatic heterocycles. The molecule has 0 N–H and O–H groups in total. The number of likely N-dealkylation sites (N-methyl/N-ethyl adjacent to an activating group) is 1. The number of fused-ring (bicyclic) bond motifs is 1. The van der Waals surface area contributed by atoms with Crippen LogP contribution in [0.15, 0.2) is 59.4 Å². The van der Waals surface area contributed by atoms with Gasteiger partial charge in [0.15, 0.2) is 0 Å². The van der Waals surface area contributed by atoms with Crippen molar-refractivity contribution in [3.63, 3.8) is 0 Å². The third-order valence-corrected chi connectivity index (χ3v) is 4.40. The van der Waals surface area contributed by atoms with Crippen LogP contribution < -0.4 is 4.90 Å². The number of benzodiazepines with no additional fused rings is 1. The van der Waals surface area contributed by atoms with Gasteiger partial charge < -0.3 is 9.80 Å². The van der Waals surface area contributed by atoms with E-state index in [9.17, 15) is 14.9 Å². The third-order valence-electron chi connectivity index (χ3n) is 4.07. The van der Waals surface area contributed by atoms with Crippen molar-refractivity contribution >= 4 is 34.6 Å². The lowest BCUT2D eigenvalue weighted by Crippen LogP contribution is -2.27. The molecule has 1 heterocycles. The zero-order valence-electron chi connectivity index (χ0n) is 15.0. The summed E-state index contributed by atoms with van der Waals surface area (Å²) in [7, 11) is 5.18. The van der Waals surface area contributed by atoms with E-state index in [1.165, 1.54) is 17.0 Å². The van der Waals surface area contributed by atoms with E-state index < -0.39 is 4.92 Å². The first kappa shape index (κ1) is 18.6. The molecule has 0 bridgehead atoms. The SMILES string of the molecule is CN(C)C=C1N=C(c2ccccc2Cl)c2cc([N+](=O)[O-])ccc2N(C)C1=O. The Morgan fingerprint density at radius 1 is 1.19 bits per heavy atom. The predicted molar refractivity (Wildman–Crippen MR) is 105 cm³/mol. The Balaban J connectivity index is 2.36. The van der Waals surface area contributed by atoms with Gasteiger partial charge in [0.25, 0.3) is 11.6 Å². The van der Waals surface area contributed by atoms with Crippen LogP contribution in [0.3, 0.4) is 0 Å². The fourth-order valence-electron chi connectivity index (χ4n) is 2.82. The van der Waals surface area contributed by atoms with Crippen LogP contribution >= 0.6 is 11.6 Å². The molecule has 0 unspecified atom stereocenters. The van der Waals surface area contributed by atoms with Gasteiger partial charge in [-0.15, -0.1) is 0 Å². The number of halogens is 1. The number of benzene rings is 2. The summed E-state index contributed by atoms with van der Waals surface area (Å²) in [6.45, 7) is 0. The van der Waals surface area contributed by atoms with Gasteiger partial charge in [-0.2, -0.15) is 0 Å². The minimum atomic E-state index is -0.478. The van der Waals surface area contributed by atoms with Crippen LogP contribution in [-0.4, -0.2) is 42.6 Å². The average molecular weight is 385 g/mol. The van der Waals surface area contributed by atoms with E-state index in [4.69, 9.17) is 11.6 Å². The van der Waals surface area contributed by atoms with E-state index in [0.29, 0.717) is 27.5 Å². The topological polar surface area (TPSA) is 79.0 Å². The highest BCUT2D eigenvalue weighted by Gasteiger charge is 2.28. The van der Waals surface area contributed by atoms with Gasteiger partial charge in [-0.25, -0.2) is 4.99 Å². The van der Waals surface area contributed by atoms with Crippen LogP contribution in [-0.2, 0) is 4.79 Å². The monoisotopic (exact) mass is 384 g/mol. The van der Waals surface area contributed by atoms with Crippen LogP contribution in [0.2, 0.25) is 5.02 Å². The minimum Gasteiger partial charge on any atom is -0.382 e. The smallest absolute Gasteiger partial charge is 0.278 e. The van der Waals surface area contributed by atoms with E-state index in [1.807, 2.05) is 0 Å². The number of carbonyl (C=O) groups is 1. The van der Waals surface area contributed by atoms with Gasteiger partial charge in [-0.3, -0.25) is 14.9 Å². The molecule has 0 fully saturated rings. The second-order valence-corrected chi connectivity index (χ2v) is 6.65. The number of amides is 1. The molecule has 0 saturated carbocycles. The van der Waals surface area contributed by atoms with E-state index in [2.05, 4.69) is 4.99 Å². The normalized spacial score (nSPS) is 15.3. The molecule has 27 heavy (non-hydrogen) atoms. The minimum absolute atomic E-state index is 0.0885. The Kier molecular flexibility index (Phi) is 4.96. The second-order valence-electron chi connectivity index (χ2n) is 6.24. The summed E-state index contributed by atoms with van der Waals surface area (Å²) in [5.74, 6) is -0.319. The number of hydrogen-bond donors (Lipinski definition) is 0. The summed E-state index contributed by atoms with van der Waals surface area (Å²) in [5.41, 5.74) is 2.10. The third kappa shape index (κ3) is 3.54. The number of anilines is 1. The van der Waals surface area contributed by atoms with E-state index in [-0.39, 0.29) is 17.3 Å². The van der Waals surface area contributed by atoms with Crippen molar-refractivity contribution in [2.24, 2.45) is 4.99 Å². The summed E-state index contributed by atoms with van der Waals surface area (Å²) in [4.78, 5) is 31.4. The van der Waals surface area contributed by atoms with Crippen molar-refractivity contribution in [1.29, 1.82) is 0 Å². The highest BCUT2D eigenvalue weighted by atomic mass is 35.5. The van der Waals surface area contributed by atoms with Gasteiger partial charge in [0.2, 0.25) is 0 Å². The first-order valence-electron chi connectivity index (χ1n) is 8.08. The quantitative estimate of drug-likeness (QED) is 0.461. The first-order valence-corrected chi connectivity index (χ1v) is 8.46. The number of hydrogen-bond acceptors (Lipinski definition) is 5. The molecular weight excluding hydrogens is 368 g/mol. The number of non-ortho nitro benzene ring substituents is 1. The summed E-state index contributed by atoms with van der Waals surface area (Å²) in [6, 6.07) is 11.4. The number of nitrogens with zero attached hydrogens (tertiary/aromatic N) is 4. The fourth-order valence-corrected chi connectivity index (χ4v) is 3.04. The lowest BCUT2D eigenvalue weighted by atomic mass is 9.99. The predicted octanol–water partition coefficient (Wildman–Crippen LogP) is 3.47. The van der Waals surface area contributed by atoms with Crippen LogP contribution in [0.5, 0.6) is 0 Å². The Hall–Kier alpha value is -3.19. The first-order chi connectivity index (χ1) is 12.8. The molecule has 0 atom stereocenters. The molecule has 1 aliphatic rings. The van der Waals surface area contributed by atoms with Gasteiger partial charge >= 0.3 is 0 Å². The molecule has 138 valence electrons. The molecule has 0 spiro atoms. The lowest BCUT2D eigenvalue weighted by molar-refractivity contribution is -0.384. The van der Waals surface area contributed by atoms with Crippen molar-refractivity contribution in [3.8, 4) is 0 Å². The Bertz CT molecular complexity index is 998. The van der Waals surface area contributed by atoms with Gasteiger partial charge in [0.05, 0.1) is 16.3 Å². The molecule has 8 heteroatoms. The summed E-state index contributed by atoms with van der Waals surface area (Å²) in [6.07, 6.45) is 1.61. The second kappa shape index (κ2) is 7.20. The number of aliphatic imine (C=N–C) groups is 1. The van der Waals surface area contributed by atoms with Crippen LogP contribution in [0.1, 0.15) is 11.1 Å². The van der Waals surface area contributed by atoms with E-state index in [1.54, 1.807) is 62.6 Å². The maximum atomic E-state index is 12.9. The Morgan fingerprint density at radius 3 is 2.52 bits per heavy atom. The maximum absolute atomic E-state index is 12.9. The average Bonchev–Trinajstić information content (AvgIpc) is 2.72. The number of rotatable bonds is 3. The van der Waals surface area contributed by atoms with Gasteiger partial charge in [-0.05, 0) is 12.1 Å². The summed E-state index contributed by atoms with van der Waals surface area (Å²) < 4.78 is 0. The van der Waals surface area contributed by atoms with Crippen molar-refractivity contribution in [2.45, 2.75) is 0 Å². The fraction of sp³-hybridized carbons (Fsp3) is 0.158. The Labute approximate surface area is 161 Å². The van der Waals surface area contributed by atoms with Gasteiger partial charge in [-0.1, -0.05) is 29.8 Å². The standard InChI is InChI=1S/C19H17ClN4O3/c1-22(2)11-16-19(25)23(3)17-9-8-12(24(26)27)10-14(17)18(21-16)13-6-4-5-7-15(13)20/h4-11H,1-3H3. The molecule has 0 radical (unpaired) electrons. The number of nitro groups is 1. The molecule has 7 nitrogen and oxygen atoms in total. The van der Waals surface area contributed by atoms with Gasteiger partial charge in [0.1, 0.15) is 5.70 Å². The zero-order valence-corrected chi connectivity index (χ0v) is 15.8. The van der Waals surface area contributed by atoms with Gasteiger partial charge in [0, 0.05) is 55.6 Å². The molecule has 0 saturated heterocycles. The van der Waals surface area contributed by atoms with E-state index in [0.717, 1.165) is 0 Å². The number of carbonyl (C=O) groups excluding carboxylic acids is 1. The van der Waals surface area contributed by atoms with Crippen LogP contribution in [0.4, 0.5) is 11.4 Å². The summed E-state index contributed by atoms with van der Waals surface area (Å²) in [5, 5.41) is 11.7. The molecule has 0 aromatic heterocycles. The largest absolute Gasteiger partial charge is 0.382 e. The lowest BCUT2D eigenvalue weighted by Gasteiger charge is -2.18. The highest BCUT2D eigenvalue weighted by molar-refractivity contribution is 6.36. The number of nitro benzene ring substituents is 1. The molecular formula is C19H17ClN4O3. The zero-order chi connectivity index (χ0) is 19.7. The Morgan fingerprint density at radius 2 is 1.89 bits per heavy atom. The molecule has 0 aliphatic carbocycles. The molecule has 2 aromatic rings. The highest BCUT2D eigenvalue weighted by Crippen LogP contribution is 2.33. The van der Waals surface area contributed by atoms with Crippen molar-refractivity contribution < 1.29 is 9.72 Å². The van der Waals surface area contributed by atoms with Crippen LogP contribution in [0, 0.1) is 10.1 Å². The van der Waals surface area contributed by atoms with E-state index >= 15 is 0 Å². The van der Waals surface area contributed by atoms with Crippen LogP contribution in [0.25, 0.3) is 0 Å². The molecule has 2 aromatic carbocycles.